The van der Waals surface area contributed by atoms with Gasteiger partial charge in [-0.3, -0.25) is 0 Å². The molecule has 0 heterocycles. The van der Waals surface area contributed by atoms with Crippen molar-refractivity contribution >= 4 is 5.69 Å². The zero-order chi connectivity index (χ0) is 13.7. The normalized spacial score (nSPS) is 22.7. The third kappa shape index (κ3) is 4.75. The van der Waals surface area contributed by atoms with E-state index in [1.165, 1.54) is 24.9 Å². The standard InChI is InChI=1S/C16H26N2O/c1-13-4-5-15(12-13)17-14-6-8-16(9-7-14)19-11-10-18(2)3/h6-9,13,15,17H,4-5,10-12H2,1-3H3. The molecule has 3 nitrogen and oxygen atoms in total. The van der Waals surface area contributed by atoms with Gasteiger partial charge in [-0.2, -0.15) is 0 Å². The van der Waals surface area contributed by atoms with Gasteiger partial charge in [-0.15, -0.1) is 0 Å². The first-order valence-electron chi connectivity index (χ1n) is 7.27. The molecule has 1 aliphatic rings. The van der Waals surface area contributed by atoms with E-state index in [0.717, 1.165) is 24.8 Å². The molecule has 0 spiro atoms. The maximum atomic E-state index is 5.69. The fourth-order valence-corrected chi connectivity index (χ4v) is 2.57. The van der Waals surface area contributed by atoms with E-state index in [-0.39, 0.29) is 0 Å². The number of benzene rings is 1. The van der Waals surface area contributed by atoms with Crippen LogP contribution in [0, 0.1) is 5.92 Å². The smallest absolute Gasteiger partial charge is 0.119 e. The summed E-state index contributed by atoms with van der Waals surface area (Å²) in [6, 6.07) is 8.99. The van der Waals surface area contributed by atoms with E-state index in [0.29, 0.717) is 6.04 Å². The average molecular weight is 262 g/mol. The van der Waals surface area contributed by atoms with Crippen LogP contribution in [0.25, 0.3) is 0 Å². The molecule has 3 heteroatoms. The molecular formula is C16H26N2O. The Kier molecular flexibility index (Phi) is 5.08. The summed E-state index contributed by atoms with van der Waals surface area (Å²) >= 11 is 0. The van der Waals surface area contributed by atoms with Gasteiger partial charge < -0.3 is 15.0 Å². The van der Waals surface area contributed by atoms with Crippen LogP contribution in [0.4, 0.5) is 5.69 Å². The predicted molar refractivity (Wildman–Crippen MR) is 80.9 cm³/mol. The van der Waals surface area contributed by atoms with Crippen molar-refractivity contribution < 1.29 is 4.74 Å². The third-order valence-electron chi connectivity index (χ3n) is 3.73. The zero-order valence-corrected chi connectivity index (χ0v) is 12.4. The molecule has 1 aromatic rings. The van der Waals surface area contributed by atoms with Crippen LogP contribution in [-0.2, 0) is 0 Å². The second-order valence-electron chi connectivity index (χ2n) is 5.94. The van der Waals surface area contributed by atoms with E-state index in [9.17, 15) is 0 Å². The van der Waals surface area contributed by atoms with Crippen LogP contribution in [0.1, 0.15) is 26.2 Å². The first-order chi connectivity index (χ1) is 9.13. The Bertz CT molecular complexity index is 375. The Morgan fingerprint density at radius 1 is 1.21 bits per heavy atom. The Morgan fingerprint density at radius 2 is 1.95 bits per heavy atom. The van der Waals surface area contributed by atoms with Gasteiger partial charge in [0.25, 0.3) is 0 Å². The first-order valence-corrected chi connectivity index (χ1v) is 7.27. The van der Waals surface area contributed by atoms with Gasteiger partial charge in [0.05, 0.1) is 0 Å². The Labute approximate surface area is 116 Å². The van der Waals surface area contributed by atoms with Gasteiger partial charge in [0.2, 0.25) is 0 Å². The molecule has 1 aromatic carbocycles. The quantitative estimate of drug-likeness (QED) is 0.852. The van der Waals surface area contributed by atoms with Crippen LogP contribution in [0.2, 0.25) is 0 Å². The van der Waals surface area contributed by atoms with E-state index in [1.807, 2.05) is 0 Å². The molecule has 1 fully saturated rings. The molecule has 106 valence electrons. The second kappa shape index (κ2) is 6.80. The number of rotatable bonds is 6. The Balaban J connectivity index is 1.78. The van der Waals surface area contributed by atoms with E-state index in [2.05, 4.69) is 55.5 Å². The molecule has 0 bridgehead atoms. The molecule has 1 aliphatic carbocycles. The van der Waals surface area contributed by atoms with Crippen LogP contribution < -0.4 is 10.1 Å². The first kappa shape index (κ1) is 14.2. The SMILES string of the molecule is CC1CCC(Nc2ccc(OCCN(C)C)cc2)C1. The van der Waals surface area contributed by atoms with Crippen molar-refractivity contribution in [2.24, 2.45) is 5.92 Å². The van der Waals surface area contributed by atoms with Crippen LogP contribution in [0.3, 0.4) is 0 Å². The highest BCUT2D eigenvalue weighted by Crippen LogP contribution is 2.28. The lowest BCUT2D eigenvalue weighted by atomic mass is 10.1. The van der Waals surface area contributed by atoms with Gasteiger partial charge >= 0.3 is 0 Å². The molecule has 1 N–H and O–H groups in total. The maximum absolute atomic E-state index is 5.69. The number of nitrogens with zero attached hydrogens (tertiary/aromatic N) is 1. The molecular weight excluding hydrogens is 236 g/mol. The van der Waals surface area contributed by atoms with Crippen LogP contribution >= 0.6 is 0 Å². The van der Waals surface area contributed by atoms with Gasteiger partial charge in [-0.05, 0) is 63.5 Å². The lowest BCUT2D eigenvalue weighted by Gasteiger charge is -2.15. The molecule has 0 saturated heterocycles. The molecule has 19 heavy (non-hydrogen) atoms. The molecule has 1 saturated carbocycles. The minimum absolute atomic E-state index is 0.649. The highest BCUT2D eigenvalue weighted by molar-refractivity contribution is 5.47. The average Bonchev–Trinajstić information content (AvgIpc) is 2.77. The summed E-state index contributed by atoms with van der Waals surface area (Å²) in [5.74, 6) is 1.82. The number of hydrogen-bond donors (Lipinski definition) is 1. The summed E-state index contributed by atoms with van der Waals surface area (Å²) in [7, 11) is 4.11. The van der Waals surface area contributed by atoms with Crippen molar-refractivity contribution in [1.82, 2.24) is 4.90 Å². The molecule has 0 radical (unpaired) electrons. The monoisotopic (exact) mass is 262 g/mol. The van der Waals surface area contributed by atoms with Gasteiger partial charge in [0.15, 0.2) is 0 Å². The van der Waals surface area contributed by atoms with Gasteiger partial charge in [-0.25, -0.2) is 0 Å². The maximum Gasteiger partial charge on any atom is 0.119 e. The van der Waals surface area contributed by atoms with Crippen molar-refractivity contribution in [3.63, 3.8) is 0 Å². The Morgan fingerprint density at radius 3 is 2.53 bits per heavy atom. The van der Waals surface area contributed by atoms with Crippen LogP contribution in [0.15, 0.2) is 24.3 Å². The molecule has 0 aromatic heterocycles. The Hall–Kier alpha value is -1.22. The highest BCUT2D eigenvalue weighted by atomic mass is 16.5. The molecule has 2 atom stereocenters. The van der Waals surface area contributed by atoms with E-state index < -0.39 is 0 Å². The number of nitrogens with one attached hydrogen (secondary N) is 1. The summed E-state index contributed by atoms with van der Waals surface area (Å²) in [6.45, 7) is 4.02. The summed E-state index contributed by atoms with van der Waals surface area (Å²) in [6.07, 6.45) is 3.94. The van der Waals surface area contributed by atoms with Gasteiger partial charge in [-0.1, -0.05) is 6.92 Å². The van der Waals surface area contributed by atoms with E-state index in [1.54, 1.807) is 0 Å². The fourth-order valence-electron chi connectivity index (χ4n) is 2.57. The van der Waals surface area contributed by atoms with Crippen LogP contribution in [-0.4, -0.2) is 38.2 Å². The summed E-state index contributed by atoms with van der Waals surface area (Å²) < 4.78 is 5.69. The third-order valence-corrected chi connectivity index (χ3v) is 3.73. The second-order valence-corrected chi connectivity index (χ2v) is 5.94. The van der Waals surface area contributed by atoms with Crippen LogP contribution in [0.5, 0.6) is 5.75 Å². The van der Waals surface area contributed by atoms with E-state index >= 15 is 0 Å². The minimum atomic E-state index is 0.649. The van der Waals surface area contributed by atoms with Crippen molar-refractivity contribution in [3.05, 3.63) is 24.3 Å². The number of ether oxygens (including phenoxy) is 1. The van der Waals surface area contributed by atoms with Crippen molar-refractivity contribution in [2.75, 3.05) is 32.6 Å². The summed E-state index contributed by atoms with van der Waals surface area (Å²) in [5, 5.41) is 3.61. The molecule has 0 amide bonds. The van der Waals surface area contributed by atoms with Gasteiger partial charge in [0, 0.05) is 18.3 Å². The summed E-state index contributed by atoms with van der Waals surface area (Å²) in [4.78, 5) is 2.12. The molecule has 2 rings (SSSR count). The number of anilines is 1. The zero-order valence-electron chi connectivity index (χ0n) is 12.4. The lowest BCUT2D eigenvalue weighted by molar-refractivity contribution is 0.261. The predicted octanol–water partition coefficient (Wildman–Crippen LogP) is 3.23. The number of likely N-dealkylation sites (N-methyl/N-ethyl adjacent to an activating group) is 1. The van der Waals surface area contributed by atoms with Gasteiger partial charge in [0.1, 0.15) is 12.4 Å². The summed E-state index contributed by atoms with van der Waals surface area (Å²) in [5.41, 5.74) is 1.21. The van der Waals surface area contributed by atoms with E-state index in [4.69, 9.17) is 4.74 Å². The lowest BCUT2D eigenvalue weighted by Crippen LogP contribution is -2.19. The highest BCUT2D eigenvalue weighted by Gasteiger charge is 2.20. The van der Waals surface area contributed by atoms with Crippen molar-refractivity contribution in [1.29, 1.82) is 0 Å². The number of hydrogen-bond acceptors (Lipinski definition) is 3. The van der Waals surface area contributed by atoms with Crippen molar-refractivity contribution in [3.8, 4) is 5.75 Å². The fraction of sp³-hybridized carbons (Fsp3) is 0.625. The molecule has 0 aliphatic heterocycles. The topological polar surface area (TPSA) is 24.5 Å². The largest absolute Gasteiger partial charge is 0.492 e. The minimum Gasteiger partial charge on any atom is -0.492 e. The van der Waals surface area contributed by atoms with Crippen molar-refractivity contribution in [2.45, 2.75) is 32.2 Å². The molecule has 2 unspecified atom stereocenters.